The van der Waals surface area contributed by atoms with Gasteiger partial charge in [-0.2, -0.15) is 0 Å². The van der Waals surface area contributed by atoms with Crippen LogP contribution < -0.4 is 5.32 Å². The lowest BCUT2D eigenvalue weighted by Gasteiger charge is -2.35. The van der Waals surface area contributed by atoms with E-state index in [1.807, 2.05) is 0 Å². The molecule has 1 N–H and O–H groups in total. The molecule has 1 aromatic rings. The molecule has 22 heavy (non-hydrogen) atoms. The number of hydrogen-bond acceptors (Lipinski definition) is 2. The van der Waals surface area contributed by atoms with Crippen molar-refractivity contribution in [2.24, 2.45) is 11.8 Å². The number of rotatable bonds is 3. The van der Waals surface area contributed by atoms with Gasteiger partial charge >= 0.3 is 0 Å². The van der Waals surface area contributed by atoms with Gasteiger partial charge in [0.05, 0.1) is 5.92 Å². The minimum Gasteiger partial charge on any atom is -0.342 e. The fraction of sp³-hybridized carbons (Fsp3) is 0.611. The maximum Gasteiger partial charge on any atom is 0.226 e. The molecule has 0 radical (unpaired) electrons. The lowest BCUT2D eigenvalue weighted by atomic mass is 9.89. The van der Waals surface area contributed by atoms with Gasteiger partial charge in [0.15, 0.2) is 0 Å². The van der Waals surface area contributed by atoms with Gasteiger partial charge in [-0.05, 0) is 50.1 Å². The van der Waals surface area contributed by atoms with Gasteiger partial charge in [0, 0.05) is 19.6 Å². The number of nitrogens with one attached hydrogen (secondary N) is 1. The highest BCUT2D eigenvalue weighted by molar-refractivity contribution is 5.85. The van der Waals surface area contributed by atoms with Crippen molar-refractivity contribution in [2.75, 3.05) is 26.2 Å². The predicted octanol–water partition coefficient (Wildman–Crippen LogP) is 2.89. The largest absolute Gasteiger partial charge is 0.342 e. The Morgan fingerprint density at radius 2 is 1.86 bits per heavy atom. The molecule has 3 nitrogen and oxygen atoms in total. The molecule has 0 saturated carbocycles. The van der Waals surface area contributed by atoms with Crippen molar-refractivity contribution in [1.29, 1.82) is 0 Å². The Labute approximate surface area is 139 Å². The van der Waals surface area contributed by atoms with E-state index in [0.29, 0.717) is 5.91 Å². The van der Waals surface area contributed by atoms with Crippen molar-refractivity contribution in [1.82, 2.24) is 10.2 Å². The van der Waals surface area contributed by atoms with Crippen LogP contribution in [0.5, 0.6) is 0 Å². The number of likely N-dealkylation sites (tertiary alicyclic amines) is 1. The molecular weight excluding hydrogens is 296 g/mol. The number of benzene rings is 1. The summed E-state index contributed by atoms with van der Waals surface area (Å²) in [4.78, 5) is 14.6. The molecule has 1 amide bonds. The molecule has 0 spiro atoms. The summed E-state index contributed by atoms with van der Waals surface area (Å²) in [6, 6.07) is 10.7. The topological polar surface area (TPSA) is 32.3 Å². The molecule has 4 heteroatoms. The van der Waals surface area contributed by atoms with E-state index >= 15 is 0 Å². The van der Waals surface area contributed by atoms with Crippen LogP contribution in [0.1, 0.15) is 31.2 Å². The molecule has 122 valence electrons. The number of halogens is 1. The first kappa shape index (κ1) is 17.3. The monoisotopic (exact) mass is 322 g/mol. The van der Waals surface area contributed by atoms with Crippen LogP contribution in [0.2, 0.25) is 0 Å². The molecule has 2 heterocycles. The Bertz CT molecular complexity index is 451. The molecule has 0 unspecified atom stereocenters. The lowest BCUT2D eigenvalue weighted by molar-refractivity contribution is -0.137. The third-order valence-corrected chi connectivity index (χ3v) is 4.94. The van der Waals surface area contributed by atoms with Crippen LogP contribution in [-0.2, 0) is 11.2 Å². The molecule has 0 aromatic heterocycles. The molecule has 0 bridgehead atoms. The van der Waals surface area contributed by atoms with Crippen LogP contribution in [0.25, 0.3) is 0 Å². The highest BCUT2D eigenvalue weighted by Crippen LogP contribution is 2.24. The number of amides is 1. The maximum atomic E-state index is 12.5. The van der Waals surface area contributed by atoms with Gasteiger partial charge < -0.3 is 10.2 Å². The Hall–Kier alpha value is -1.06. The van der Waals surface area contributed by atoms with Gasteiger partial charge in [0.1, 0.15) is 0 Å². The number of piperidine rings is 2. The first-order valence-corrected chi connectivity index (χ1v) is 8.36. The quantitative estimate of drug-likeness (QED) is 0.928. The van der Waals surface area contributed by atoms with Crippen molar-refractivity contribution in [3.05, 3.63) is 35.9 Å². The minimum atomic E-state index is 0. The van der Waals surface area contributed by atoms with Crippen molar-refractivity contribution in [3.63, 3.8) is 0 Å². The third kappa shape index (κ3) is 4.47. The lowest BCUT2D eigenvalue weighted by Crippen LogP contribution is -2.46. The van der Waals surface area contributed by atoms with E-state index in [1.165, 1.54) is 5.56 Å². The molecule has 2 saturated heterocycles. The van der Waals surface area contributed by atoms with Crippen molar-refractivity contribution in [3.8, 4) is 0 Å². The summed E-state index contributed by atoms with van der Waals surface area (Å²) in [5.41, 5.74) is 1.43. The Morgan fingerprint density at radius 1 is 1.14 bits per heavy atom. The minimum absolute atomic E-state index is 0. The number of carbonyl (C=O) groups excluding carboxylic acids is 1. The second-order valence-corrected chi connectivity index (χ2v) is 6.50. The summed E-state index contributed by atoms with van der Waals surface area (Å²) in [6.07, 6.45) is 5.67. The summed E-state index contributed by atoms with van der Waals surface area (Å²) >= 11 is 0. The highest BCUT2D eigenvalue weighted by atomic mass is 35.5. The number of nitrogens with zero attached hydrogens (tertiary/aromatic N) is 1. The van der Waals surface area contributed by atoms with E-state index in [9.17, 15) is 4.79 Å². The van der Waals surface area contributed by atoms with Crippen LogP contribution in [0, 0.1) is 11.8 Å². The zero-order valence-electron chi connectivity index (χ0n) is 13.2. The van der Waals surface area contributed by atoms with E-state index in [0.717, 1.165) is 64.2 Å². The van der Waals surface area contributed by atoms with Gasteiger partial charge in [-0.15, -0.1) is 12.4 Å². The molecule has 2 aliphatic rings. The number of hydrogen-bond donors (Lipinski definition) is 1. The zero-order valence-corrected chi connectivity index (χ0v) is 14.0. The molecule has 2 fully saturated rings. The van der Waals surface area contributed by atoms with Crippen molar-refractivity contribution < 1.29 is 4.79 Å². The second kappa shape index (κ2) is 8.54. The molecule has 0 aliphatic carbocycles. The Morgan fingerprint density at radius 3 is 2.50 bits per heavy atom. The van der Waals surface area contributed by atoms with Crippen LogP contribution in [0.15, 0.2) is 30.3 Å². The molecular formula is C18H27ClN2O. The van der Waals surface area contributed by atoms with Crippen molar-refractivity contribution in [2.45, 2.75) is 32.1 Å². The fourth-order valence-electron chi connectivity index (χ4n) is 3.63. The van der Waals surface area contributed by atoms with Gasteiger partial charge in [-0.25, -0.2) is 0 Å². The molecule has 2 aliphatic heterocycles. The van der Waals surface area contributed by atoms with Gasteiger partial charge in [0.25, 0.3) is 0 Å². The highest BCUT2D eigenvalue weighted by Gasteiger charge is 2.28. The third-order valence-electron chi connectivity index (χ3n) is 4.94. The summed E-state index contributed by atoms with van der Waals surface area (Å²) in [7, 11) is 0. The van der Waals surface area contributed by atoms with Gasteiger partial charge in [0.2, 0.25) is 5.91 Å². The second-order valence-electron chi connectivity index (χ2n) is 6.50. The van der Waals surface area contributed by atoms with Gasteiger partial charge in [-0.3, -0.25) is 4.79 Å². The first-order chi connectivity index (χ1) is 10.3. The molecule has 1 aromatic carbocycles. The molecule has 3 rings (SSSR count). The van der Waals surface area contributed by atoms with Crippen molar-refractivity contribution >= 4 is 18.3 Å². The predicted molar refractivity (Wildman–Crippen MR) is 92.3 cm³/mol. The summed E-state index contributed by atoms with van der Waals surface area (Å²) in [5.74, 6) is 1.35. The van der Waals surface area contributed by atoms with E-state index in [1.54, 1.807) is 0 Å². The Balaban J connectivity index is 0.00000176. The van der Waals surface area contributed by atoms with E-state index < -0.39 is 0 Å². The van der Waals surface area contributed by atoms with Crippen LogP contribution >= 0.6 is 12.4 Å². The SMILES string of the molecule is Cl.O=C([C@@H]1CCCNC1)N1CCC(Cc2ccccc2)CC1. The smallest absolute Gasteiger partial charge is 0.226 e. The van der Waals surface area contributed by atoms with E-state index in [-0.39, 0.29) is 18.3 Å². The van der Waals surface area contributed by atoms with E-state index in [2.05, 4.69) is 40.5 Å². The number of carbonyl (C=O) groups is 1. The van der Waals surface area contributed by atoms with E-state index in [4.69, 9.17) is 0 Å². The average Bonchev–Trinajstić information content (AvgIpc) is 2.57. The maximum absolute atomic E-state index is 12.5. The standard InChI is InChI=1S/C18H26N2O.ClH/c21-18(17-7-4-10-19-14-17)20-11-8-16(9-12-20)13-15-5-2-1-3-6-15;/h1-3,5-6,16-17,19H,4,7-14H2;1H/t17-;/m1./s1. The first-order valence-electron chi connectivity index (χ1n) is 8.36. The zero-order chi connectivity index (χ0) is 14.5. The van der Waals surface area contributed by atoms with Crippen LogP contribution in [0.3, 0.4) is 0 Å². The van der Waals surface area contributed by atoms with Crippen LogP contribution in [0.4, 0.5) is 0 Å². The average molecular weight is 323 g/mol. The molecule has 1 atom stereocenters. The van der Waals surface area contributed by atoms with Crippen LogP contribution in [-0.4, -0.2) is 37.0 Å². The summed E-state index contributed by atoms with van der Waals surface area (Å²) in [5, 5.41) is 3.35. The fourth-order valence-corrected chi connectivity index (χ4v) is 3.63. The normalized spacial score (nSPS) is 22.9. The summed E-state index contributed by atoms with van der Waals surface area (Å²) < 4.78 is 0. The Kier molecular flexibility index (Phi) is 6.71. The van der Waals surface area contributed by atoms with Gasteiger partial charge in [-0.1, -0.05) is 30.3 Å². The summed E-state index contributed by atoms with van der Waals surface area (Å²) in [6.45, 7) is 3.85.